The summed E-state index contributed by atoms with van der Waals surface area (Å²) < 4.78 is 24.7. The minimum Gasteiger partial charge on any atom is -0.379 e. The van der Waals surface area contributed by atoms with Gasteiger partial charge in [-0.15, -0.1) is 0 Å². The summed E-state index contributed by atoms with van der Waals surface area (Å²) in [5.41, 5.74) is -1.34. The number of rotatable bonds is 4. The zero-order valence-corrected chi connectivity index (χ0v) is 13.9. The Bertz CT molecular complexity index is 713. The Labute approximate surface area is 133 Å². The van der Waals surface area contributed by atoms with Crippen LogP contribution in [-0.4, -0.2) is 53.8 Å². The fourth-order valence-corrected chi connectivity index (χ4v) is 3.71. The van der Waals surface area contributed by atoms with E-state index in [0.717, 1.165) is 0 Å². The van der Waals surface area contributed by atoms with E-state index < -0.39 is 29.2 Å². The molecule has 3 rings (SSSR count). The number of ether oxygens (including phenoxy) is 4. The maximum Gasteiger partial charge on any atom is 0.330 e. The molecular weight excluding hydrogens is 304 g/mol. The highest BCUT2D eigenvalue weighted by atomic mass is 16.7. The van der Waals surface area contributed by atoms with Gasteiger partial charge < -0.3 is 18.9 Å². The van der Waals surface area contributed by atoms with Gasteiger partial charge in [0.2, 0.25) is 0 Å². The summed E-state index contributed by atoms with van der Waals surface area (Å²) in [5, 5.41) is 0. The molecule has 128 valence electrons. The molecule has 3 heterocycles. The molecule has 2 bridgehead atoms. The Morgan fingerprint density at radius 2 is 2.09 bits per heavy atom. The molecule has 0 aromatic carbocycles. The summed E-state index contributed by atoms with van der Waals surface area (Å²) in [6.07, 6.45) is -0.581. The number of aromatic amines is 1. The molecule has 0 spiro atoms. The van der Waals surface area contributed by atoms with E-state index >= 15 is 0 Å². The molecule has 1 aromatic rings. The van der Waals surface area contributed by atoms with Gasteiger partial charge in [0.25, 0.3) is 5.56 Å². The molecule has 2 fully saturated rings. The third-order valence-electron chi connectivity index (χ3n) is 5.01. The van der Waals surface area contributed by atoms with Crippen molar-refractivity contribution in [3.05, 3.63) is 32.6 Å². The van der Waals surface area contributed by atoms with Crippen LogP contribution in [0.3, 0.4) is 0 Å². The minimum atomic E-state index is -0.817. The number of aryl methyl sites for hydroxylation is 1. The first-order chi connectivity index (χ1) is 10.9. The van der Waals surface area contributed by atoms with Crippen molar-refractivity contribution in [2.24, 2.45) is 0 Å². The largest absolute Gasteiger partial charge is 0.379 e. The van der Waals surface area contributed by atoms with Gasteiger partial charge in [0.05, 0.1) is 12.2 Å². The van der Waals surface area contributed by atoms with Gasteiger partial charge in [-0.2, -0.15) is 0 Å². The quantitative estimate of drug-likeness (QED) is 0.834. The van der Waals surface area contributed by atoms with Crippen molar-refractivity contribution in [2.45, 2.75) is 57.0 Å². The van der Waals surface area contributed by atoms with E-state index in [1.807, 2.05) is 13.8 Å². The number of nitrogens with zero attached hydrogens (tertiary/aromatic N) is 1. The fourth-order valence-electron chi connectivity index (χ4n) is 3.71. The molecule has 0 radical (unpaired) electrons. The standard InChI is InChI=1S/C15H22N2O6/c1-7-6-17(14(19)16-12(7)18)13-10-11(21-5)15(23-13,8(2)20-4)9(3)22-10/h6,8-11,13H,1-5H3,(H,16,18,19)/t8-,9+,10-,11+,13?,15?/m1/s1. The molecule has 2 aliphatic rings. The maximum atomic E-state index is 12.2. The second-order valence-corrected chi connectivity index (χ2v) is 6.12. The monoisotopic (exact) mass is 326 g/mol. The molecule has 0 aliphatic carbocycles. The highest BCUT2D eigenvalue weighted by molar-refractivity contribution is 5.15. The number of fused-ring (bicyclic) bond motifs is 2. The van der Waals surface area contributed by atoms with Gasteiger partial charge in [0, 0.05) is 26.0 Å². The number of nitrogens with one attached hydrogen (secondary N) is 1. The van der Waals surface area contributed by atoms with Crippen LogP contribution in [0.15, 0.2) is 15.8 Å². The zero-order valence-electron chi connectivity index (χ0n) is 13.9. The van der Waals surface area contributed by atoms with Crippen LogP contribution in [0.1, 0.15) is 25.6 Å². The van der Waals surface area contributed by atoms with Crippen LogP contribution in [0.5, 0.6) is 0 Å². The van der Waals surface area contributed by atoms with Crippen molar-refractivity contribution in [2.75, 3.05) is 14.2 Å². The molecule has 8 heteroatoms. The van der Waals surface area contributed by atoms with E-state index in [9.17, 15) is 9.59 Å². The number of H-pyrrole nitrogens is 1. The van der Waals surface area contributed by atoms with Crippen LogP contribution in [0.2, 0.25) is 0 Å². The molecule has 6 atom stereocenters. The van der Waals surface area contributed by atoms with E-state index in [4.69, 9.17) is 18.9 Å². The highest BCUT2D eigenvalue weighted by Gasteiger charge is 2.69. The third-order valence-corrected chi connectivity index (χ3v) is 5.01. The molecule has 2 aliphatic heterocycles. The van der Waals surface area contributed by atoms with Gasteiger partial charge in [-0.1, -0.05) is 0 Å². The van der Waals surface area contributed by atoms with Crippen molar-refractivity contribution in [1.29, 1.82) is 0 Å². The number of hydrogen-bond acceptors (Lipinski definition) is 6. The predicted molar refractivity (Wildman–Crippen MR) is 80.5 cm³/mol. The zero-order chi connectivity index (χ0) is 16.9. The van der Waals surface area contributed by atoms with Crippen molar-refractivity contribution in [1.82, 2.24) is 9.55 Å². The highest BCUT2D eigenvalue weighted by Crippen LogP contribution is 2.51. The molecule has 2 saturated heterocycles. The van der Waals surface area contributed by atoms with Crippen molar-refractivity contribution in [3.8, 4) is 0 Å². The summed E-state index contributed by atoms with van der Waals surface area (Å²) in [5.74, 6) is 0. The lowest BCUT2D eigenvalue weighted by Gasteiger charge is -2.39. The van der Waals surface area contributed by atoms with E-state index in [1.165, 1.54) is 10.8 Å². The molecule has 1 aromatic heterocycles. The van der Waals surface area contributed by atoms with Crippen molar-refractivity contribution >= 4 is 0 Å². The summed E-state index contributed by atoms with van der Waals surface area (Å²) in [6.45, 7) is 5.42. The maximum absolute atomic E-state index is 12.2. The van der Waals surface area contributed by atoms with Gasteiger partial charge in [-0.25, -0.2) is 4.79 Å². The van der Waals surface area contributed by atoms with Crippen LogP contribution in [0.25, 0.3) is 0 Å². The molecule has 1 N–H and O–H groups in total. The number of aromatic nitrogens is 2. The van der Waals surface area contributed by atoms with Gasteiger partial charge in [0.1, 0.15) is 12.2 Å². The van der Waals surface area contributed by atoms with Crippen LogP contribution < -0.4 is 11.2 Å². The molecular formula is C15H22N2O6. The second-order valence-electron chi connectivity index (χ2n) is 6.12. The van der Waals surface area contributed by atoms with Gasteiger partial charge >= 0.3 is 5.69 Å². The first-order valence-corrected chi connectivity index (χ1v) is 7.57. The normalized spacial score (nSPS) is 37.3. The number of hydrogen-bond donors (Lipinski definition) is 1. The van der Waals surface area contributed by atoms with Crippen molar-refractivity contribution in [3.63, 3.8) is 0 Å². The lowest BCUT2D eigenvalue weighted by molar-refractivity contribution is -0.240. The Kier molecular flexibility index (Phi) is 3.96. The van der Waals surface area contributed by atoms with Crippen LogP contribution in [-0.2, 0) is 18.9 Å². The SMILES string of the molecule is CO[C@H](C)C12OC(n3cc(C)c(=O)[nH]c3=O)[C@H](O[C@H]1C)[C@@H]2OC. The van der Waals surface area contributed by atoms with E-state index in [0.29, 0.717) is 5.56 Å². The third kappa shape index (κ3) is 2.13. The van der Waals surface area contributed by atoms with Gasteiger partial charge in [-0.3, -0.25) is 14.3 Å². The Morgan fingerprint density at radius 1 is 1.39 bits per heavy atom. The predicted octanol–water partition coefficient (Wildman–Crippen LogP) is -0.0502. The minimum absolute atomic E-state index is 0.247. The summed E-state index contributed by atoms with van der Waals surface area (Å²) in [7, 11) is 3.18. The molecule has 23 heavy (non-hydrogen) atoms. The first-order valence-electron chi connectivity index (χ1n) is 7.57. The summed E-state index contributed by atoms with van der Waals surface area (Å²) >= 11 is 0. The summed E-state index contributed by atoms with van der Waals surface area (Å²) in [6, 6.07) is 0. The van der Waals surface area contributed by atoms with Crippen molar-refractivity contribution < 1.29 is 18.9 Å². The smallest absolute Gasteiger partial charge is 0.330 e. The van der Waals surface area contributed by atoms with Crippen LogP contribution in [0, 0.1) is 6.92 Å². The molecule has 8 nitrogen and oxygen atoms in total. The van der Waals surface area contributed by atoms with Crippen LogP contribution in [0.4, 0.5) is 0 Å². The van der Waals surface area contributed by atoms with Crippen LogP contribution >= 0.6 is 0 Å². The molecule has 0 saturated carbocycles. The lowest BCUT2D eigenvalue weighted by Crippen LogP contribution is -2.55. The van der Waals surface area contributed by atoms with Gasteiger partial charge in [-0.05, 0) is 20.8 Å². The van der Waals surface area contributed by atoms with E-state index in [2.05, 4.69) is 4.98 Å². The Balaban J connectivity index is 2.07. The second kappa shape index (κ2) is 5.55. The lowest BCUT2D eigenvalue weighted by atomic mass is 9.88. The Hall–Kier alpha value is -1.48. The molecule has 0 amide bonds. The van der Waals surface area contributed by atoms with E-state index in [-0.39, 0.29) is 18.3 Å². The fraction of sp³-hybridized carbons (Fsp3) is 0.733. The van der Waals surface area contributed by atoms with E-state index in [1.54, 1.807) is 21.1 Å². The average Bonchev–Trinajstić information content (AvgIpc) is 2.99. The first kappa shape index (κ1) is 16.4. The topological polar surface area (TPSA) is 91.8 Å². The number of methoxy groups -OCH3 is 2. The summed E-state index contributed by atoms with van der Waals surface area (Å²) in [4.78, 5) is 26.0. The molecule has 2 unspecified atom stereocenters. The average molecular weight is 326 g/mol. The van der Waals surface area contributed by atoms with Gasteiger partial charge in [0.15, 0.2) is 11.8 Å². The Morgan fingerprint density at radius 3 is 2.70 bits per heavy atom.